The van der Waals surface area contributed by atoms with Crippen LogP contribution in [-0.2, 0) is 0 Å². The van der Waals surface area contributed by atoms with Crippen LogP contribution in [0.2, 0.25) is 0 Å². The number of nitrogens with one attached hydrogen (secondary N) is 1. The molecule has 0 radical (unpaired) electrons. The van der Waals surface area contributed by atoms with E-state index < -0.39 is 0 Å². The molecule has 0 atom stereocenters. The molecule has 1 saturated carbocycles. The van der Waals surface area contributed by atoms with E-state index in [0.29, 0.717) is 23.7 Å². The minimum Gasteiger partial charge on any atom is -0.455 e. The maximum absolute atomic E-state index is 13.6. The minimum atomic E-state index is 0.137. The summed E-state index contributed by atoms with van der Waals surface area (Å²) in [5.74, 6) is 2.18. The first-order valence-electron chi connectivity index (χ1n) is 12.4. The first-order valence-corrected chi connectivity index (χ1v) is 12.4. The third-order valence-electron chi connectivity index (χ3n) is 6.77. The van der Waals surface area contributed by atoms with Crippen molar-refractivity contribution in [2.45, 2.75) is 51.6 Å². The molecule has 2 aliphatic rings. The van der Waals surface area contributed by atoms with Crippen LogP contribution in [-0.4, -0.2) is 57.9 Å². The molecular weight excluding hydrogens is 438 g/mol. The van der Waals surface area contributed by atoms with Gasteiger partial charge in [0.15, 0.2) is 0 Å². The average molecular weight is 472 g/mol. The lowest BCUT2D eigenvalue weighted by atomic mass is 10.0. The predicted molar refractivity (Wildman–Crippen MR) is 137 cm³/mol. The maximum Gasteiger partial charge on any atom is 0.254 e. The zero-order valence-corrected chi connectivity index (χ0v) is 20.7. The highest BCUT2D eigenvalue weighted by Gasteiger charge is 2.38. The summed E-state index contributed by atoms with van der Waals surface area (Å²) < 4.78 is 6.04. The molecule has 2 fully saturated rings. The highest BCUT2D eigenvalue weighted by atomic mass is 16.5. The summed E-state index contributed by atoms with van der Waals surface area (Å²) in [6.07, 6.45) is 6.02. The van der Waals surface area contributed by atoms with Crippen LogP contribution in [0.5, 0.6) is 11.5 Å². The van der Waals surface area contributed by atoms with Crippen molar-refractivity contribution in [3.63, 3.8) is 0 Å². The van der Waals surface area contributed by atoms with Gasteiger partial charge in [-0.1, -0.05) is 6.07 Å². The molecular formula is C28H33N5O2. The minimum absolute atomic E-state index is 0.137. The van der Waals surface area contributed by atoms with Gasteiger partial charge in [0.2, 0.25) is 0 Å². The number of hydrogen-bond donors (Lipinski definition) is 1. The van der Waals surface area contributed by atoms with Crippen molar-refractivity contribution in [1.82, 2.24) is 19.8 Å². The normalized spacial score (nSPS) is 16.7. The molecule has 0 bridgehead atoms. The van der Waals surface area contributed by atoms with Crippen LogP contribution < -0.4 is 10.1 Å². The van der Waals surface area contributed by atoms with Crippen LogP contribution in [0.25, 0.3) is 0 Å². The number of anilines is 2. The molecule has 5 rings (SSSR count). The highest BCUT2D eigenvalue weighted by Crippen LogP contribution is 2.34. The molecule has 1 aliphatic heterocycles. The van der Waals surface area contributed by atoms with Gasteiger partial charge in [0, 0.05) is 41.3 Å². The number of hydrogen-bond acceptors (Lipinski definition) is 6. The fourth-order valence-corrected chi connectivity index (χ4v) is 4.73. The van der Waals surface area contributed by atoms with Crippen molar-refractivity contribution in [1.29, 1.82) is 0 Å². The van der Waals surface area contributed by atoms with Gasteiger partial charge in [-0.05, 0) is 96.1 Å². The van der Waals surface area contributed by atoms with E-state index in [1.165, 1.54) is 0 Å². The molecule has 0 unspecified atom stereocenters. The number of pyridine rings is 2. The molecule has 182 valence electrons. The second-order valence-corrected chi connectivity index (χ2v) is 9.70. The Labute approximate surface area is 207 Å². The van der Waals surface area contributed by atoms with Crippen LogP contribution in [0.4, 0.5) is 11.5 Å². The van der Waals surface area contributed by atoms with E-state index in [0.717, 1.165) is 67.2 Å². The smallest absolute Gasteiger partial charge is 0.254 e. The molecule has 3 aromatic rings. The van der Waals surface area contributed by atoms with E-state index >= 15 is 0 Å². The summed E-state index contributed by atoms with van der Waals surface area (Å²) in [7, 11) is 2.15. The van der Waals surface area contributed by atoms with Crippen molar-refractivity contribution in [2.75, 3.05) is 25.5 Å². The molecule has 3 heterocycles. The summed E-state index contributed by atoms with van der Waals surface area (Å²) >= 11 is 0. The lowest BCUT2D eigenvalue weighted by Crippen LogP contribution is -2.47. The standard InChI is InChI=1S/C28H33N5O2/c1-19-7-10-26(20(2)30-19)35-25-11-14-29-27(18-25)31-22-6-4-5-21(17-22)28(34)33(23-8-9-23)24-12-15-32(3)16-13-24/h4-7,10-11,14,17-18,23-24H,8-9,12-13,15-16H2,1-3H3,(H,29,31). The zero-order valence-electron chi connectivity index (χ0n) is 20.7. The topological polar surface area (TPSA) is 70.6 Å². The monoisotopic (exact) mass is 471 g/mol. The van der Waals surface area contributed by atoms with Crippen LogP contribution >= 0.6 is 0 Å². The van der Waals surface area contributed by atoms with Crippen LogP contribution in [0.15, 0.2) is 54.7 Å². The second kappa shape index (κ2) is 10.0. The van der Waals surface area contributed by atoms with Crippen LogP contribution in [0.3, 0.4) is 0 Å². The van der Waals surface area contributed by atoms with Crippen molar-refractivity contribution < 1.29 is 9.53 Å². The summed E-state index contributed by atoms with van der Waals surface area (Å²) in [5.41, 5.74) is 3.34. The molecule has 1 aliphatic carbocycles. The van der Waals surface area contributed by atoms with E-state index in [4.69, 9.17) is 4.74 Å². The van der Waals surface area contributed by atoms with Gasteiger partial charge < -0.3 is 19.9 Å². The maximum atomic E-state index is 13.6. The molecule has 1 aromatic carbocycles. The Balaban J connectivity index is 1.30. The summed E-state index contributed by atoms with van der Waals surface area (Å²) in [6.45, 7) is 5.99. The SMILES string of the molecule is Cc1ccc(Oc2ccnc(Nc3cccc(C(=O)N(C4CC4)C4CCN(C)CC4)c3)c2)c(C)n1. The van der Waals surface area contributed by atoms with Gasteiger partial charge in [0.1, 0.15) is 17.3 Å². The Bertz CT molecular complexity index is 1200. The number of amides is 1. The Morgan fingerprint density at radius 3 is 2.54 bits per heavy atom. The number of carbonyl (C=O) groups excluding carboxylic acids is 1. The number of aromatic nitrogens is 2. The number of aryl methyl sites for hydroxylation is 2. The molecule has 7 heteroatoms. The summed E-state index contributed by atoms with van der Waals surface area (Å²) in [6, 6.07) is 16.0. The number of ether oxygens (including phenoxy) is 1. The third-order valence-corrected chi connectivity index (χ3v) is 6.77. The van der Waals surface area contributed by atoms with Crippen LogP contribution in [0.1, 0.15) is 47.4 Å². The quantitative estimate of drug-likeness (QED) is 0.502. The van der Waals surface area contributed by atoms with Gasteiger partial charge in [-0.2, -0.15) is 0 Å². The predicted octanol–water partition coefficient (Wildman–Crippen LogP) is 5.33. The fraction of sp³-hybridized carbons (Fsp3) is 0.393. The van der Waals surface area contributed by atoms with Crippen molar-refractivity contribution in [2.24, 2.45) is 0 Å². The lowest BCUT2D eigenvalue weighted by molar-refractivity contribution is 0.0569. The summed E-state index contributed by atoms with van der Waals surface area (Å²) in [4.78, 5) is 27.0. The lowest BCUT2D eigenvalue weighted by Gasteiger charge is -2.37. The van der Waals surface area contributed by atoms with E-state index in [2.05, 4.69) is 32.1 Å². The molecule has 2 aromatic heterocycles. The first kappa shape index (κ1) is 23.3. The van der Waals surface area contributed by atoms with E-state index in [1.807, 2.05) is 62.4 Å². The van der Waals surface area contributed by atoms with Gasteiger partial charge in [-0.3, -0.25) is 9.78 Å². The van der Waals surface area contributed by atoms with Gasteiger partial charge in [-0.25, -0.2) is 4.98 Å². The van der Waals surface area contributed by atoms with E-state index in [1.54, 1.807) is 6.20 Å². The zero-order chi connectivity index (χ0) is 24.4. The van der Waals surface area contributed by atoms with E-state index in [-0.39, 0.29) is 5.91 Å². The van der Waals surface area contributed by atoms with Crippen LogP contribution in [0, 0.1) is 13.8 Å². The molecule has 35 heavy (non-hydrogen) atoms. The summed E-state index contributed by atoms with van der Waals surface area (Å²) in [5, 5.41) is 3.33. The number of carbonyl (C=O) groups is 1. The number of benzene rings is 1. The van der Waals surface area contributed by atoms with E-state index in [9.17, 15) is 4.79 Å². The van der Waals surface area contributed by atoms with Gasteiger partial charge in [0.05, 0.1) is 5.69 Å². The number of piperidine rings is 1. The van der Waals surface area contributed by atoms with Crippen molar-refractivity contribution in [3.05, 3.63) is 71.7 Å². The van der Waals surface area contributed by atoms with Crippen molar-refractivity contribution in [3.8, 4) is 11.5 Å². The highest BCUT2D eigenvalue weighted by molar-refractivity contribution is 5.96. The molecule has 1 N–H and O–H groups in total. The fourth-order valence-electron chi connectivity index (χ4n) is 4.73. The van der Waals surface area contributed by atoms with Gasteiger partial charge in [-0.15, -0.1) is 0 Å². The first-order chi connectivity index (χ1) is 17.0. The number of likely N-dealkylation sites (tertiary alicyclic amines) is 1. The second-order valence-electron chi connectivity index (χ2n) is 9.70. The Morgan fingerprint density at radius 1 is 1.03 bits per heavy atom. The van der Waals surface area contributed by atoms with Crippen molar-refractivity contribution >= 4 is 17.4 Å². The molecule has 1 amide bonds. The number of nitrogens with zero attached hydrogens (tertiary/aromatic N) is 4. The molecule has 7 nitrogen and oxygen atoms in total. The van der Waals surface area contributed by atoms with Gasteiger partial charge >= 0.3 is 0 Å². The average Bonchev–Trinajstić information content (AvgIpc) is 3.68. The number of rotatable bonds is 7. The molecule has 1 saturated heterocycles. The largest absolute Gasteiger partial charge is 0.455 e. The Kier molecular flexibility index (Phi) is 6.68. The van der Waals surface area contributed by atoms with Gasteiger partial charge in [0.25, 0.3) is 5.91 Å². The Hall–Kier alpha value is -3.45. The Morgan fingerprint density at radius 2 is 1.80 bits per heavy atom. The third kappa shape index (κ3) is 5.62. The molecule has 0 spiro atoms.